The molecule has 7 heteroatoms. The Kier molecular flexibility index (Phi) is 4.22. The van der Waals surface area contributed by atoms with Crippen molar-refractivity contribution in [3.63, 3.8) is 0 Å². The second kappa shape index (κ2) is 6.08. The number of nitrogens with one attached hydrogen (secondary N) is 1. The zero-order valence-corrected chi connectivity index (χ0v) is 11.9. The molecule has 0 saturated carbocycles. The molecule has 0 radical (unpaired) electrons. The van der Waals surface area contributed by atoms with Gasteiger partial charge in [0.1, 0.15) is 17.3 Å². The fourth-order valence-corrected chi connectivity index (χ4v) is 1.94. The number of nitro groups is 1. The predicted molar refractivity (Wildman–Crippen MR) is 79.0 cm³/mol. The summed E-state index contributed by atoms with van der Waals surface area (Å²) >= 11 is 0. The Morgan fingerprint density at radius 1 is 1.19 bits per heavy atom. The van der Waals surface area contributed by atoms with Crippen molar-refractivity contribution in [3.05, 3.63) is 40.4 Å². The second-order valence-corrected chi connectivity index (χ2v) is 4.14. The van der Waals surface area contributed by atoms with E-state index in [0.29, 0.717) is 22.9 Å². The summed E-state index contributed by atoms with van der Waals surface area (Å²) in [5.41, 5.74) is 0.629. The molecule has 0 amide bonds. The van der Waals surface area contributed by atoms with Gasteiger partial charge in [-0.3, -0.25) is 10.1 Å². The summed E-state index contributed by atoms with van der Waals surface area (Å²) in [6, 6.07) is 8.02. The number of methoxy groups -OCH3 is 2. The van der Waals surface area contributed by atoms with E-state index in [0.717, 1.165) is 0 Å². The van der Waals surface area contributed by atoms with Gasteiger partial charge in [-0.05, 0) is 24.3 Å². The SMILES string of the molecule is CNc1ccc([N+](=O)[O-])c(-c2cc(OC)ccc2OC)n1. The minimum atomic E-state index is -0.472. The summed E-state index contributed by atoms with van der Waals surface area (Å²) < 4.78 is 10.4. The Labute approximate surface area is 121 Å². The standard InChI is InChI=1S/C14H15N3O4/c1-15-13-7-5-11(17(18)19)14(16-13)10-8-9(20-2)4-6-12(10)21-3/h4-8H,1-3H3,(H,15,16). The summed E-state index contributed by atoms with van der Waals surface area (Å²) in [7, 11) is 4.72. The van der Waals surface area contributed by atoms with Crippen LogP contribution in [0, 0.1) is 10.1 Å². The molecule has 0 unspecified atom stereocenters. The summed E-state index contributed by atoms with van der Waals surface area (Å²) in [5.74, 6) is 1.58. The third kappa shape index (κ3) is 2.86. The topological polar surface area (TPSA) is 86.5 Å². The number of anilines is 1. The maximum Gasteiger partial charge on any atom is 0.295 e. The van der Waals surface area contributed by atoms with Gasteiger partial charge in [-0.1, -0.05) is 0 Å². The molecule has 1 heterocycles. The van der Waals surface area contributed by atoms with E-state index < -0.39 is 4.92 Å². The van der Waals surface area contributed by atoms with E-state index in [2.05, 4.69) is 10.3 Å². The molecule has 0 saturated heterocycles. The molecule has 0 bridgehead atoms. The van der Waals surface area contributed by atoms with Crippen molar-refractivity contribution < 1.29 is 14.4 Å². The van der Waals surface area contributed by atoms with Crippen LogP contribution in [-0.4, -0.2) is 31.2 Å². The Balaban J connectivity index is 2.71. The molecule has 7 nitrogen and oxygen atoms in total. The molecule has 1 aromatic heterocycles. The van der Waals surface area contributed by atoms with E-state index in [-0.39, 0.29) is 11.4 Å². The van der Waals surface area contributed by atoms with Crippen LogP contribution < -0.4 is 14.8 Å². The average Bonchev–Trinajstić information content (AvgIpc) is 2.53. The highest BCUT2D eigenvalue weighted by atomic mass is 16.6. The molecule has 0 atom stereocenters. The molecule has 2 aromatic rings. The highest BCUT2D eigenvalue weighted by Gasteiger charge is 2.21. The van der Waals surface area contributed by atoms with Crippen LogP contribution in [0.15, 0.2) is 30.3 Å². The Bertz CT molecular complexity index is 673. The molecule has 0 spiro atoms. The molecule has 21 heavy (non-hydrogen) atoms. The first-order valence-corrected chi connectivity index (χ1v) is 6.16. The van der Waals surface area contributed by atoms with Crippen LogP contribution in [0.2, 0.25) is 0 Å². The van der Waals surface area contributed by atoms with Gasteiger partial charge in [0.2, 0.25) is 0 Å². The van der Waals surface area contributed by atoms with Gasteiger partial charge in [-0.15, -0.1) is 0 Å². The molecule has 110 valence electrons. The largest absolute Gasteiger partial charge is 0.497 e. The molecule has 0 fully saturated rings. The molecular weight excluding hydrogens is 274 g/mol. The first kappa shape index (κ1) is 14.6. The van der Waals surface area contributed by atoms with Crippen molar-refractivity contribution in [2.24, 2.45) is 0 Å². The van der Waals surface area contributed by atoms with Crippen molar-refractivity contribution in [3.8, 4) is 22.8 Å². The van der Waals surface area contributed by atoms with E-state index in [1.807, 2.05) is 0 Å². The minimum Gasteiger partial charge on any atom is -0.497 e. The predicted octanol–water partition coefficient (Wildman–Crippen LogP) is 2.72. The second-order valence-electron chi connectivity index (χ2n) is 4.14. The van der Waals surface area contributed by atoms with Crippen molar-refractivity contribution >= 4 is 11.5 Å². The van der Waals surface area contributed by atoms with Crippen LogP contribution in [0.4, 0.5) is 11.5 Å². The van der Waals surface area contributed by atoms with Crippen LogP contribution in [-0.2, 0) is 0 Å². The average molecular weight is 289 g/mol. The summed E-state index contributed by atoms with van der Waals surface area (Å²) in [5, 5.41) is 14.1. The lowest BCUT2D eigenvalue weighted by molar-refractivity contribution is -0.384. The number of hydrogen-bond acceptors (Lipinski definition) is 6. The fourth-order valence-electron chi connectivity index (χ4n) is 1.94. The molecule has 0 aliphatic heterocycles. The van der Waals surface area contributed by atoms with E-state index in [1.54, 1.807) is 31.3 Å². The van der Waals surface area contributed by atoms with Gasteiger partial charge < -0.3 is 14.8 Å². The highest BCUT2D eigenvalue weighted by molar-refractivity contribution is 5.77. The van der Waals surface area contributed by atoms with Gasteiger partial charge >= 0.3 is 0 Å². The number of rotatable bonds is 5. The zero-order valence-electron chi connectivity index (χ0n) is 11.9. The molecular formula is C14H15N3O4. The Morgan fingerprint density at radius 2 is 1.95 bits per heavy atom. The van der Waals surface area contributed by atoms with E-state index >= 15 is 0 Å². The quantitative estimate of drug-likeness (QED) is 0.672. The normalized spacial score (nSPS) is 10.0. The van der Waals surface area contributed by atoms with Crippen molar-refractivity contribution in [2.45, 2.75) is 0 Å². The Hall–Kier alpha value is -2.83. The third-order valence-corrected chi connectivity index (χ3v) is 2.99. The lowest BCUT2D eigenvalue weighted by atomic mass is 10.1. The van der Waals surface area contributed by atoms with Crippen LogP contribution in [0.1, 0.15) is 0 Å². The summed E-state index contributed by atoms with van der Waals surface area (Å²) in [6.07, 6.45) is 0. The van der Waals surface area contributed by atoms with Gasteiger partial charge in [0.05, 0.1) is 24.7 Å². The van der Waals surface area contributed by atoms with Crippen molar-refractivity contribution in [1.29, 1.82) is 0 Å². The molecule has 1 aromatic carbocycles. The molecule has 0 aliphatic rings. The Morgan fingerprint density at radius 3 is 2.52 bits per heavy atom. The van der Waals surface area contributed by atoms with Crippen LogP contribution in [0.25, 0.3) is 11.3 Å². The van der Waals surface area contributed by atoms with Gasteiger partial charge in [-0.2, -0.15) is 0 Å². The third-order valence-electron chi connectivity index (χ3n) is 2.99. The van der Waals surface area contributed by atoms with E-state index in [4.69, 9.17) is 9.47 Å². The number of nitrogens with zero attached hydrogens (tertiary/aromatic N) is 2. The molecule has 1 N–H and O–H groups in total. The highest BCUT2D eigenvalue weighted by Crippen LogP contribution is 2.37. The summed E-state index contributed by atoms with van der Waals surface area (Å²) in [4.78, 5) is 15.0. The first-order chi connectivity index (χ1) is 10.1. The summed E-state index contributed by atoms with van der Waals surface area (Å²) in [6.45, 7) is 0. The van der Waals surface area contributed by atoms with Gasteiger partial charge in [-0.25, -0.2) is 4.98 Å². The van der Waals surface area contributed by atoms with Crippen molar-refractivity contribution in [1.82, 2.24) is 4.98 Å². The molecule has 0 aliphatic carbocycles. The van der Waals surface area contributed by atoms with Crippen LogP contribution in [0.3, 0.4) is 0 Å². The number of hydrogen-bond donors (Lipinski definition) is 1. The maximum atomic E-state index is 11.2. The lowest BCUT2D eigenvalue weighted by Crippen LogP contribution is -2.00. The van der Waals surface area contributed by atoms with Gasteiger partial charge in [0.15, 0.2) is 5.69 Å². The number of ether oxygens (including phenoxy) is 2. The van der Waals surface area contributed by atoms with E-state index in [1.165, 1.54) is 20.3 Å². The van der Waals surface area contributed by atoms with Gasteiger partial charge in [0, 0.05) is 13.1 Å². The van der Waals surface area contributed by atoms with Crippen LogP contribution >= 0.6 is 0 Å². The monoisotopic (exact) mass is 289 g/mol. The first-order valence-electron chi connectivity index (χ1n) is 6.16. The fraction of sp³-hybridized carbons (Fsp3) is 0.214. The van der Waals surface area contributed by atoms with Crippen molar-refractivity contribution in [2.75, 3.05) is 26.6 Å². The smallest absolute Gasteiger partial charge is 0.295 e. The van der Waals surface area contributed by atoms with Gasteiger partial charge in [0.25, 0.3) is 5.69 Å². The molecule has 2 rings (SSSR count). The minimum absolute atomic E-state index is 0.0967. The zero-order chi connectivity index (χ0) is 15.4. The maximum absolute atomic E-state index is 11.2. The lowest BCUT2D eigenvalue weighted by Gasteiger charge is -2.11. The van der Waals surface area contributed by atoms with E-state index in [9.17, 15) is 10.1 Å². The number of pyridine rings is 1. The number of benzene rings is 1. The number of aromatic nitrogens is 1. The van der Waals surface area contributed by atoms with Crippen LogP contribution in [0.5, 0.6) is 11.5 Å².